The van der Waals surface area contributed by atoms with Crippen molar-refractivity contribution in [2.45, 2.75) is 11.3 Å². The van der Waals surface area contributed by atoms with Gasteiger partial charge in [-0.15, -0.1) is 11.8 Å². The minimum atomic E-state index is 0.225. The Kier molecular flexibility index (Phi) is 2.42. The van der Waals surface area contributed by atoms with E-state index in [0.29, 0.717) is 5.89 Å². The molecule has 2 aromatic rings. The van der Waals surface area contributed by atoms with Crippen molar-refractivity contribution < 1.29 is 4.42 Å². The molecular weight excluding hydrogens is 196 g/mol. The quantitative estimate of drug-likeness (QED) is 0.705. The zero-order chi connectivity index (χ0) is 9.97. The van der Waals surface area contributed by atoms with Gasteiger partial charge in [-0.2, -0.15) is 5.26 Å². The van der Waals surface area contributed by atoms with Crippen LogP contribution in [0.25, 0.3) is 11.1 Å². The Bertz CT molecular complexity index is 498. The predicted molar refractivity (Wildman–Crippen MR) is 55.1 cm³/mol. The van der Waals surface area contributed by atoms with Crippen LogP contribution in [0.2, 0.25) is 0 Å². The third kappa shape index (κ3) is 1.59. The number of hydrogen-bond donors (Lipinski definition) is 0. The Morgan fingerprint density at radius 2 is 2.43 bits per heavy atom. The van der Waals surface area contributed by atoms with E-state index in [1.807, 2.05) is 30.5 Å². The highest BCUT2D eigenvalue weighted by Gasteiger charge is 2.05. The lowest BCUT2D eigenvalue weighted by atomic mass is 10.3. The number of nitriles is 1. The Morgan fingerprint density at radius 3 is 3.14 bits per heavy atom. The standard InChI is InChI=1S/C10H8N2OS/c1-14-7-2-3-8-9(6-7)13-10(12-8)4-5-11/h2-3,6H,4H2,1H3. The van der Waals surface area contributed by atoms with Crippen molar-refractivity contribution in [2.24, 2.45) is 0 Å². The summed E-state index contributed by atoms with van der Waals surface area (Å²) >= 11 is 1.65. The fourth-order valence-corrected chi connectivity index (χ4v) is 1.65. The summed E-state index contributed by atoms with van der Waals surface area (Å²) in [5.74, 6) is 0.487. The van der Waals surface area contributed by atoms with Crippen LogP contribution in [0.4, 0.5) is 0 Å². The molecule has 4 heteroatoms. The lowest BCUT2D eigenvalue weighted by Gasteiger charge is -1.92. The molecule has 0 aliphatic carbocycles. The second-order valence-corrected chi connectivity index (χ2v) is 3.66. The number of fused-ring (bicyclic) bond motifs is 1. The molecule has 0 radical (unpaired) electrons. The highest BCUT2D eigenvalue weighted by Crippen LogP contribution is 2.22. The fraction of sp³-hybridized carbons (Fsp3) is 0.200. The van der Waals surface area contributed by atoms with E-state index in [0.717, 1.165) is 16.0 Å². The van der Waals surface area contributed by atoms with Crippen LogP contribution in [-0.4, -0.2) is 11.2 Å². The molecule has 0 saturated heterocycles. The summed E-state index contributed by atoms with van der Waals surface area (Å²) in [7, 11) is 0. The van der Waals surface area contributed by atoms with E-state index in [1.165, 1.54) is 0 Å². The number of hydrogen-bond acceptors (Lipinski definition) is 4. The first-order valence-electron chi connectivity index (χ1n) is 4.14. The second kappa shape index (κ2) is 3.72. The molecule has 0 spiro atoms. The van der Waals surface area contributed by atoms with Gasteiger partial charge < -0.3 is 4.42 Å². The van der Waals surface area contributed by atoms with Gasteiger partial charge in [0, 0.05) is 4.90 Å². The van der Waals surface area contributed by atoms with Crippen molar-refractivity contribution in [3.8, 4) is 6.07 Å². The minimum Gasteiger partial charge on any atom is -0.440 e. The molecule has 70 valence electrons. The molecule has 2 rings (SSSR count). The van der Waals surface area contributed by atoms with Crippen molar-refractivity contribution in [3.63, 3.8) is 0 Å². The van der Waals surface area contributed by atoms with Crippen molar-refractivity contribution in [2.75, 3.05) is 6.26 Å². The first kappa shape index (κ1) is 9.10. The molecule has 0 atom stereocenters. The average molecular weight is 204 g/mol. The van der Waals surface area contributed by atoms with Crippen molar-refractivity contribution in [1.29, 1.82) is 5.26 Å². The summed E-state index contributed by atoms with van der Waals surface area (Å²) in [5.41, 5.74) is 1.56. The molecule has 3 nitrogen and oxygen atoms in total. The molecule has 0 saturated carbocycles. The SMILES string of the molecule is CSc1ccc2nc(CC#N)oc2c1. The van der Waals surface area contributed by atoms with Crippen LogP contribution in [0.15, 0.2) is 27.5 Å². The lowest BCUT2D eigenvalue weighted by Crippen LogP contribution is -1.77. The van der Waals surface area contributed by atoms with Gasteiger partial charge in [0.25, 0.3) is 0 Å². The van der Waals surface area contributed by atoms with E-state index in [-0.39, 0.29) is 6.42 Å². The summed E-state index contributed by atoms with van der Waals surface area (Å²) in [6, 6.07) is 7.85. The van der Waals surface area contributed by atoms with Gasteiger partial charge in [-0.05, 0) is 24.5 Å². The van der Waals surface area contributed by atoms with Gasteiger partial charge in [0.15, 0.2) is 5.58 Å². The molecule has 1 aromatic carbocycles. The third-order valence-corrected chi connectivity index (χ3v) is 2.60. The lowest BCUT2D eigenvalue weighted by molar-refractivity contribution is 0.548. The molecular formula is C10H8N2OS. The van der Waals surface area contributed by atoms with Crippen LogP contribution in [0.3, 0.4) is 0 Å². The fourth-order valence-electron chi connectivity index (χ4n) is 1.22. The molecule has 0 unspecified atom stereocenters. The maximum Gasteiger partial charge on any atom is 0.209 e. The van der Waals surface area contributed by atoms with Crippen molar-refractivity contribution in [3.05, 3.63) is 24.1 Å². The molecule has 0 N–H and O–H groups in total. The monoisotopic (exact) mass is 204 g/mol. The number of aromatic nitrogens is 1. The Morgan fingerprint density at radius 1 is 1.57 bits per heavy atom. The maximum atomic E-state index is 8.49. The number of benzene rings is 1. The van der Waals surface area contributed by atoms with Gasteiger partial charge in [0.05, 0.1) is 6.07 Å². The normalized spacial score (nSPS) is 10.3. The number of oxazole rings is 1. The summed E-state index contributed by atoms with van der Waals surface area (Å²) in [4.78, 5) is 5.32. The molecule has 0 bridgehead atoms. The highest BCUT2D eigenvalue weighted by atomic mass is 32.2. The predicted octanol–water partition coefficient (Wildman–Crippen LogP) is 2.62. The Hall–Kier alpha value is -1.47. The summed E-state index contributed by atoms with van der Waals surface area (Å²) in [6.45, 7) is 0. The highest BCUT2D eigenvalue weighted by molar-refractivity contribution is 7.98. The minimum absolute atomic E-state index is 0.225. The number of nitrogens with zero attached hydrogens (tertiary/aromatic N) is 2. The number of rotatable bonds is 2. The zero-order valence-electron chi connectivity index (χ0n) is 7.65. The molecule has 0 amide bonds. The summed E-state index contributed by atoms with van der Waals surface area (Å²) in [6.07, 6.45) is 2.23. The van der Waals surface area contributed by atoms with Crippen LogP contribution in [-0.2, 0) is 6.42 Å². The van der Waals surface area contributed by atoms with E-state index >= 15 is 0 Å². The van der Waals surface area contributed by atoms with E-state index in [1.54, 1.807) is 11.8 Å². The zero-order valence-corrected chi connectivity index (χ0v) is 8.47. The topological polar surface area (TPSA) is 49.8 Å². The maximum absolute atomic E-state index is 8.49. The van der Waals surface area contributed by atoms with Crippen molar-refractivity contribution >= 4 is 22.9 Å². The van der Waals surface area contributed by atoms with E-state index in [9.17, 15) is 0 Å². The summed E-state index contributed by atoms with van der Waals surface area (Å²) in [5, 5.41) is 8.49. The van der Waals surface area contributed by atoms with Crippen LogP contribution < -0.4 is 0 Å². The largest absolute Gasteiger partial charge is 0.440 e. The molecule has 0 fully saturated rings. The van der Waals surface area contributed by atoms with Crippen LogP contribution in [0.5, 0.6) is 0 Å². The van der Waals surface area contributed by atoms with Crippen LogP contribution in [0, 0.1) is 11.3 Å². The van der Waals surface area contributed by atoms with Gasteiger partial charge >= 0.3 is 0 Å². The van der Waals surface area contributed by atoms with Crippen LogP contribution >= 0.6 is 11.8 Å². The van der Waals surface area contributed by atoms with E-state index < -0.39 is 0 Å². The van der Waals surface area contributed by atoms with Gasteiger partial charge in [0.2, 0.25) is 5.89 Å². The van der Waals surface area contributed by atoms with E-state index in [2.05, 4.69) is 4.98 Å². The van der Waals surface area contributed by atoms with Gasteiger partial charge in [-0.3, -0.25) is 0 Å². The Labute approximate surface area is 85.7 Å². The van der Waals surface area contributed by atoms with Gasteiger partial charge in [0.1, 0.15) is 11.9 Å². The molecule has 1 aromatic heterocycles. The number of thioether (sulfide) groups is 1. The molecule has 1 heterocycles. The average Bonchev–Trinajstić information content (AvgIpc) is 2.59. The molecule has 14 heavy (non-hydrogen) atoms. The molecule has 0 aliphatic rings. The third-order valence-electron chi connectivity index (χ3n) is 1.87. The smallest absolute Gasteiger partial charge is 0.209 e. The molecule has 0 aliphatic heterocycles. The van der Waals surface area contributed by atoms with Crippen molar-refractivity contribution in [1.82, 2.24) is 4.98 Å². The Balaban J connectivity index is 2.50. The van der Waals surface area contributed by atoms with Crippen LogP contribution in [0.1, 0.15) is 5.89 Å². The second-order valence-electron chi connectivity index (χ2n) is 2.78. The van der Waals surface area contributed by atoms with Gasteiger partial charge in [-0.1, -0.05) is 0 Å². The summed E-state index contributed by atoms with van der Waals surface area (Å²) < 4.78 is 5.40. The first-order valence-corrected chi connectivity index (χ1v) is 5.36. The first-order chi connectivity index (χ1) is 6.83. The van der Waals surface area contributed by atoms with Gasteiger partial charge in [-0.25, -0.2) is 4.98 Å². The van der Waals surface area contributed by atoms with E-state index in [4.69, 9.17) is 9.68 Å².